The van der Waals surface area contributed by atoms with Crippen LogP contribution in [-0.2, 0) is 8.85 Å². The summed E-state index contributed by atoms with van der Waals surface area (Å²) in [5.41, 5.74) is 0. The van der Waals surface area contributed by atoms with E-state index >= 15 is 0 Å². The number of rotatable bonds is 12. The Morgan fingerprint density at radius 1 is 0.632 bits per heavy atom. The third kappa shape index (κ3) is 5.15. The molecule has 116 valence electrons. The highest BCUT2D eigenvalue weighted by Crippen LogP contribution is 2.20. The van der Waals surface area contributed by atoms with Crippen LogP contribution in [0.15, 0.2) is 0 Å². The molecule has 0 spiro atoms. The molecule has 0 atom stereocenters. The highest BCUT2D eigenvalue weighted by molar-refractivity contribution is 6.61. The fraction of sp³-hybridized carbons (Fsp3) is 1.00. The van der Waals surface area contributed by atoms with Crippen molar-refractivity contribution >= 4 is 8.88 Å². The zero-order chi connectivity index (χ0) is 14.7. The lowest BCUT2D eigenvalue weighted by Crippen LogP contribution is -2.69. The summed E-state index contributed by atoms with van der Waals surface area (Å²) in [6.45, 7) is 13.1. The van der Waals surface area contributed by atoms with E-state index in [2.05, 4.69) is 36.8 Å². The molecule has 0 aromatic heterocycles. The maximum absolute atomic E-state index is 5.99. The van der Waals surface area contributed by atoms with Crippen LogP contribution in [0.4, 0.5) is 0 Å². The summed E-state index contributed by atoms with van der Waals surface area (Å²) in [6, 6.07) is 0. The first kappa shape index (κ1) is 19.1. The minimum Gasteiger partial charge on any atom is -0.374 e. The van der Waals surface area contributed by atoms with E-state index in [-0.39, 0.29) is 0 Å². The number of nitrogens with zero attached hydrogens (tertiary/aromatic N) is 2. The molecule has 0 aromatic rings. The fourth-order valence-electron chi connectivity index (χ4n) is 2.67. The maximum atomic E-state index is 5.99. The van der Waals surface area contributed by atoms with Gasteiger partial charge in [-0.25, -0.2) is 0 Å². The number of hydrogen-bond donors (Lipinski definition) is 0. The summed E-state index contributed by atoms with van der Waals surface area (Å²) in [7, 11) is 1.20. The molecule has 0 N–H and O–H groups in total. The van der Waals surface area contributed by atoms with E-state index in [1.54, 1.807) is 0 Å². The standard InChI is InChI=1S/C14H34N2O2Si/c1-7-11-15(12-8-2)19(17-5,18-6)16(13-9-3)14-10-4/h7-14H2,1-6H3. The number of hydrogen-bond acceptors (Lipinski definition) is 4. The monoisotopic (exact) mass is 290 g/mol. The van der Waals surface area contributed by atoms with Crippen molar-refractivity contribution in [1.29, 1.82) is 0 Å². The molecular formula is C14H34N2O2Si. The summed E-state index contributed by atoms with van der Waals surface area (Å²) in [6.07, 6.45) is 4.53. The van der Waals surface area contributed by atoms with Gasteiger partial charge in [0.05, 0.1) is 0 Å². The van der Waals surface area contributed by atoms with Gasteiger partial charge in [-0.1, -0.05) is 27.7 Å². The van der Waals surface area contributed by atoms with Gasteiger partial charge in [-0.2, -0.15) is 0 Å². The Labute approximate surface area is 121 Å². The van der Waals surface area contributed by atoms with Crippen LogP contribution in [0.2, 0.25) is 0 Å². The normalized spacial score (nSPS) is 12.6. The van der Waals surface area contributed by atoms with Crippen molar-refractivity contribution in [2.45, 2.75) is 53.4 Å². The van der Waals surface area contributed by atoms with Crippen molar-refractivity contribution in [3.05, 3.63) is 0 Å². The average Bonchev–Trinajstić information content (AvgIpc) is 2.41. The first-order chi connectivity index (χ1) is 9.16. The minimum absolute atomic E-state index is 1.05. The van der Waals surface area contributed by atoms with Crippen LogP contribution in [0, 0.1) is 0 Å². The molecule has 0 heterocycles. The van der Waals surface area contributed by atoms with Crippen LogP contribution in [0.25, 0.3) is 0 Å². The Morgan fingerprint density at radius 2 is 0.895 bits per heavy atom. The van der Waals surface area contributed by atoms with Gasteiger partial charge in [0, 0.05) is 14.2 Å². The quantitative estimate of drug-likeness (QED) is 0.516. The Morgan fingerprint density at radius 3 is 1.05 bits per heavy atom. The van der Waals surface area contributed by atoms with Crippen molar-refractivity contribution in [3.8, 4) is 0 Å². The van der Waals surface area contributed by atoms with Gasteiger partial charge in [-0.15, -0.1) is 0 Å². The molecule has 0 saturated carbocycles. The lowest BCUT2D eigenvalue weighted by molar-refractivity contribution is 0.0920. The lowest BCUT2D eigenvalue weighted by Gasteiger charge is -2.44. The third-order valence-corrected chi connectivity index (χ3v) is 6.86. The molecule has 0 aromatic carbocycles. The van der Waals surface area contributed by atoms with E-state index in [0.717, 1.165) is 51.9 Å². The van der Waals surface area contributed by atoms with Gasteiger partial charge in [-0.3, -0.25) is 9.13 Å². The van der Waals surface area contributed by atoms with Crippen LogP contribution in [0.1, 0.15) is 53.4 Å². The van der Waals surface area contributed by atoms with Crippen LogP contribution in [0.3, 0.4) is 0 Å². The van der Waals surface area contributed by atoms with E-state index in [0.29, 0.717) is 0 Å². The molecule has 0 saturated heterocycles. The summed E-state index contributed by atoms with van der Waals surface area (Å²) >= 11 is 0. The van der Waals surface area contributed by atoms with E-state index in [4.69, 9.17) is 8.85 Å². The largest absolute Gasteiger partial charge is 0.521 e. The van der Waals surface area contributed by atoms with Gasteiger partial charge in [0.25, 0.3) is 0 Å². The van der Waals surface area contributed by atoms with Crippen LogP contribution in [-0.4, -0.2) is 58.4 Å². The Bertz CT molecular complexity index is 184. The Hall–Kier alpha value is 0.0569. The van der Waals surface area contributed by atoms with Crippen molar-refractivity contribution in [3.63, 3.8) is 0 Å². The topological polar surface area (TPSA) is 24.9 Å². The van der Waals surface area contributed by atoms with E-state index in [1.165, 1.54) is 0 Å². The molecule has 19 heavy (non-hydrogen) atoms. The summed E-state index contributed by atoms with van der Waals surface area (Å²) in [5, 5.41) is 0. The van der Waals surface area contributed by atoms with Crippen molar-refractivity contribution in [2.24, 2.45) is 0 Å². The lowest BCUT2D eigenvalue weighted by atomic mass is 10.4. The highest BCUT2D eigenvalue weighted by atomic mass is 28.4. The molecular weight excluding hydrogens is 256 g/mol. The molecule has 0 unspecified atom stereocenters. The summed E-state index contributed by atoms with van der Waals surface area (Å²) in [4.78, 5) is 0. The van der Waals surface area contributed by atoms with Gasteiger partial charge in [0.1, 0.15) is 0 Å². The smallest absolute Gasteiger partial charge is 0.374 e. The Balaban J connectivity index is 5.21. The molecule has 0 rings (SSSR count). The molecule has 0 amide bonds. The van der Waals surface area contributed by atoms with Crippen LogP contribution >= 0.6 is 0 Å². The summed E-state index contributed by atoms with van der Waals surface area (Å²) in [5.74, 6) is 0. The molecule has 5 heteroatoms. The summed E-state index contributed by atoms with van der Waals surface area (Å²) < 4.78 is 16.9. The van der Waals surface area contributed by atoms with Crippen LogP contribution in [0.5, 0.6) is 0 Å². The van der Waals surface area contributed by atoms with E-state index in [9.17, 15) is 0 Å². The second kappa shape index (κ2) is 10.8. The zero-order valence-electron chi connectivity index (χ0n) is 13.9. The highest BCUT2D eigenvalue weighted by Gasteiger charge is 2.49. The molecule has 0 radical (unpaired) electrons. The average molecular weight is 291 g/mol. The van der Waals surface area contributed by atoms with Crippen LogP contribution < -0.4 is 0 Å². The minimum atomic E-state index is -2.42. The predicted octanol–water partition coefficient (Wildman–Crippen LogP) is 2.96. The fourth-order valence-corrected chi connectivity index (χ4v) is 6.29. The Kier molecular flexibility index (Phi) is 10.8. The predicted molar refractivity (Wildman–Crippen MR) is 84.1 cm³/mol. The van der Waals surface area contributed by atoms with Crippen molar-refractivity contribution in [1.82, 2.24) is 9.13 Å². The first-order valence-electron chi connectivity index (χ1n) is 7.77. The van der Waals surface area contributed by atoms with Gasteiger partial charge in [-0.05, 0) is 51.9 Å². The van der Waals surface area contributed by atoms with E-state index in [1.807, 2.05) is 14.2 Å². The first-order valence-corrected chi connectivity index (χ1v) is 9.48. The van der Waals surface area contributed by atoms with Gasteiger partial charge in [0.2, 0.25) is 0 Å². The third-order valence-electron chi connectivity index (χ3n) is 3.31. The SMILES string of the molecule is CCCN(CCC)[Si](OC)(OC)N(CCC)CCC. The molecule has 0 fully saturated rings. The second-order valence-electron chi connectivity index (χ2n) is 4.93. The maximum Gasteiger partial charge on any atom is 0.521 e. The van der Waals surface area contributed by atoms with E-state index < -0.39 is 8.88 Å². The van der Waals surface area contributed by atoms with Gasteiger partial charge in [0.15, 0.2) is 0 Å². The van der Waals surface area contributed by atoms with Crippen molar-refractivity contribution < 1.29 is 8.85 Å². The van der Waals surface area contributed by atoms with Gasteiger partial charge < -0.3 is 8.85 Å². The molecule has 0 aliphatic carbocycles. The second-order valence-corrected chi connectivity index (χ2v) is 8.11. The molecule has 0 bridgehead atoms. The molecule has 0 aliphatic heterocycles. The zero-order valence-corrected chi connectivity index (χ0v) is 14.9. The molecule has 0 aliphatic rings. The molecule has 4 nitrogen and oxygen atoms in total. The van der Waals surface area contributed by atoms with Gasteiger partial charge >= 0.3 is 8.88 Å². The van der Waals surface area contributed by atoms with Crippen molar-refractivity contribution in [2.75, 3.05) is 40.4 Å².